The molecule has 1 fully saturated rings. The fourth-order valence-electron chi connectivity index (χ4n) is 2.80. The first kappa shape index (κ1) is 14.0. The molecule has 1 aliphatic heterocycles. The highest BCUT2D eigenvalue weighted by atomic mass is 16.5. The molecule has 1 saturated heterocycles. The Bertz CT molecular complexity index is 867. The maximum atomic E-state index is 12.5. The van der Waals surface area contributed by atoms with Gasteiger partial charge in [-0.05, 0) is 31.0 Å². The van der Waals surface area contributed by atoms with E-state index in [-0.39, 0.29) is 11.7 Å². The van der Waals surface area contributed by atoms with Crippen molar-refractivity contribution in [1.82, 2.24) is 15.0 Å². The van der Waals surface area contributed by atoms with Crippen LogP contribution < -0.4 is 10.9 Å². The predicted molar refractivity (Wildman–Crippen MR) is 85.3 cm³/mol. The first-order valence-corrected chi connectivity index (χ1v) is 7.59. The Morgan fingerprint density at radius 2 is 2.35 bits per heavy atom. The molecule has 3 aromatic heterocycles. The number of aromatic amines is 1. The molecule has 0 radical (unpaired) electrons. The van der Waals surface area contributed by atoms with E-state index in [4.69, 9.17) is 9.15 Å². The number of hydrogen-bond donors (Lipinski definition) is 2. The first-order chi connectivity index (χ1) is 11.3. The largest absolute Gasteiger partial charge is 0.464 e. The summed E-state index contributed by atoms with van der Waals surface area (Å²) < 4.78 is 10.9. The minimum Gasteiger partial charge on any atom is -0.464 e. The Balaban J connectivity index is 1.69. The van der Waals surface area contributed by atoms with Crippen molar-refractivity contribution in [3.8, 4) is 11.3 Å². The third-order valence-electron chi connectivity index (χ3n) is 3.92. The minimum atomic E-state index is -0.246. The number of anilines is 1. The van der Waals surface area contributed by atoms with Crippen LogP contribution in [-0.4, -0.2) is 34.2 Å². The van der Waals surface area contributed by atoms with Gasteiger partial charge in [0.2, 0.25) is 5.95 Å². The van der Waals surface area contributed by atoms with Gasteiger partial charge in [-0.1, -0.05) is 0 Å². The summed E-state index contributed by atoms with van der Waals surface area (Å²) in [6.45, 7) is 1.41. The lowest BCUT2D eigenvalue weighted by Gasteiger charge is -2.11. The topological polar surface area (TPSA) is 93.0 Å². The summed E-state index contributed by atoms with van der Waals surface area (Å²) in [7, 11) is 0. The van der Waals surface area contributed by atoms with Crippen molar-refractivity contribution in [2.45, 2.75) is 18.9 Å². The minimum absolute atomic E-state index is 0.165. The van der Waals surface area contributed by atoms with E-state index in [0.29, 0.717) is 34.9 Å². The highest BCUT2D eigenvalue weighted by molar-refractivity contribution is 5.90. The van der Waals surface area contributed by atoms with Crippen LogP contribution in [-0.2, 0) is 4.74 Å². The molecule has 118 valence electrons. The summed E-state index contributed by atoms with van der Waals surface area (Å²) in [5.41, 5.74) is 0.821. The standard InChI is InChI=1S/C16H16N4O3/c21-15-13-11(12-4-2-8-23-12)5-6-17-14(13)19-16(20-15)18-9-10-3-1-7-22-10/h2,4-6,8,10H,1,3,7,9H2,(H2,17,18,19,20,21). The Morgan fingerprint density at radius 1 is 1.39 bits per heavy atom. The maximum absolute atomic E-state index is 12.5. The molecule has 2 N–H and O–H groups in total. The molecule has 1 aliphatic rings. The highest BCUT2D eigenvalue weighted by Gasteiger charge is 2.16. The molecule has 3 aromatic rings. The number of ether oxygens (including phenoxy) is 1. The number of pyridine rings is 1. The average Bonchev–Trinajstić information content (AvgIpc) is 3.26. The van der Waals surface area contributed by atoms with Crippen LogP contribution in [0.4, 0.5) is 5.95 Å². The van der Waals surface area contributed by atoms with E-state index in [1.807, 2.05) is 0 Å². The van der Waals surface area contributed by atoms with Gasteiger partial charge in [-0.25, -0.2) is 4.98 Å². The van der Waals surface area contributed by atoms with Crippen LogP contribution in [0.15, 0.2) is 39.9 Å². The van der Waals surface area contributed by atoms with Crippen molar-refractivity contribution < 1.29 is 9.15 Å². The number of rotatable bonds is 4. The predicted octanol–water partition coefficient (Wildman–Crippen LogP) is 2.17. The Morgan fingerprint density at radius 3 is 3.13 bits per heavy atom. The van der Waals surface area contributed by atoms with Gasteiger partial charge in [-0.3, -0.25) is 9.78 Å². The Labute approximate surface area is 131 Å². The maximum Gasteiger partial charge on any atom is 0.262 e. The Hall–Kier alpha value is -2.67. The number of furan rings is 1. The molecule has 0 saturated carbocycles. The molecule has 0 amide bonds. The van der Waals surface area contributed by atoms with E-state index in [0.717, 1.165) is 19.4 Å². The van der Waals surface area contributed by atoms with Gasteiger partial charge in [0.1, 0.15) is 5.76 Å². The monoisotopic (exact) mass is 312 g/mol. The fraction of sp³-hybridized carbons (Fsp3) is 0.312. The third kappa shape index (κ3) is 2.70. The van der Waals surface area contributed by atoms with Gasteiger partial charge >= 0.3 is 0 Å². The van der Waals surface area contributed by atoms with Crippen LogP contribution >= 0.6 is 0 Å². The van der Waals surface area contributed by atoms with Gasteiger partial charge < -0.3 is 14.5 Å². The van der Waals surface area contributed by atoms with Crippen molar-refractivity contribution in [3.63, 3.8) is 0 Å². The molecule has 23 heavy (non-hydrogen) atoms. The molecular formula is C16H16N4O3. The molecule has 0 aromatic carbocycles. The molecule has 7 heteroatoms. The second kappa shape index (κ2) is 5.85. The van der Waals surface area contributed by atoms with Gasteiger partial charge in [0.25, 0.3) is 5.56 Å². The lowest BCUT2D eigenvalue weighted by atomic mass is 10.1. The normalized spacial score (nSPS) is 17.7. The zero-order chi connectivity index (χ0) is 15.6. The molecule has 1 atom stereocenters. The van der Waals surface area contributed by atoms with E-state index >= 15 is 0 Å². The summed E-state index contributed by atoms with van der Waals surface area (Å²) >= 11 is 0. The van der Waals surface area contributed by atoms with Crippen LogP contribution in [0.3, 0.4) is 0 Å². The zero-order valence-corrected chi connectivity index (χ0v) is 12.4. The van der Waals surface area contributed by atoms with Gasteiger partial charge in [0, 0.05) is 24.9 Å². The second-order valence-corrected chi connectivity index (χ2v) is 5.46. The fourth-order valence-corrected chi connectivity index (χ4v) is 2.80. The second-order valence-electron chi connectivity index (χ2n) is 5.46. The highest BCUT2D eigenvalue weighted by Crippen LogP contribution is 2.24. The molecule has 4 rings (SSSR count). The van der Waals surface area contributed by atoms with E-state index in [9.17, 15) is 4.79 Å². The Kier molecular flexibility index (Phi) is 3.55. The van der Waals surface area contributed by atoms with Crippen LogP contribution in [0, 0.1) is 0 Å². The summed E-state index contributed by atoms with van der Waals surface area (Å²) in [5.74, 6) is 1.02. The van der Waals surface area contributed by atoms with Crippen LogP contribution in [0.5, 0.6) is 0 Å². The number of nitrogens with one attached hydrogen (secondary N) is 2. The van der Waals surface area contributed by atoms with Gasteiger partial charge in [0.05, 0.1) is 17.8 Å². The lowest BCUT2D eigenvalue weighted by Crippen LogP contribution is -2.22. The smallest absolute Gasteiger partial charge is 0.262 e. The molecular weight excluding hydrogens is 296 g/mol. The van der Waals surface area contributed by atoms with Crippen molar-refractivity contribution in [1.29, 1.82) is 0 Å². The SMILES string of the molecule is O=c1[nH]c(NCC2CCCO2)nc2nccc(-c3ccco3)c12. The lowest BCUT2D eigenvalue weighted by molar-refractivity contribution is 0.120. The van der Waals surface area contributed by atoms with Gasteiger partial charge in [0.15, 0.2) is 5.65 Å². The molecule has 7 nitrogen and oxygen atoms in total. The quantitative estimate of drug-likeness (QED) is 0.767. The van der Waals surface area contributed by atoms with E-state index < -0.39 is 0 Å². The molecule has 4 heterocycles. The van der Waals surface area contributed by atoms with Gasteiger partial charge in [-0.15, -0.1) is 0 Å². The van der Waals surface area contributed by atoms with Gasteiger partial charge in [-0.2, -0.15) is 4.98 Å². The van der Waals surface area contributed by atoms with Crippen LogP contribution in [0.1, 0.15) is 12.8 Å². The zero-order valence-electron chi connectivity index (χ0n) is 12.4. The third-order valence-corrected chi connectivity index (χ3v) is 3.92. The molecule has 0 aliphatic carbocycles. The molecule has 0 bridgehead atoms. The van der Waals surface area contributed by atoms with Crippen molar-refractivity contribution in [2.75, 3.05) is 18.5 Å². The molecule has 1 unspecified atom stereocenters. The van der Waals surface area contributed by atoms with Crippen LogP contribution in [0.2, 0.25) is 0 Å². The van der Waals surface area contributed by atoms with E-state index in [1.165, 1.54) is 0 Å². The molecule has 0 spiro atoms. The summed E-state index contributed by atoms with van der Waals surface area (Å²) in [4.78, 5) is 23.8. The van der Waals surface area contributed by atoms with Crippen LogP contribution in [0.25, 0.3) is 22.4 Å². The number of nitrogens with zero attached hydrogens (tertiary/aromatic N) is 2. The van der Waals surface area contributed by atoms with Crippen molar-refractivity contribution >= 4 is 17.0 Å². The number of H-pyrrole nitrogens is 1. The average molecular weight is 312 g/mol. The van der Waals surface area contributed by atoms with E-state index in [1.54, 1.807) is 30.7 Å². The van der Waals surface area contributed by atoms with E-state index in [2.05, 4.69) is 20.3 Å². The number of fused-ring (bicyclic) bond motifs is 1. The number of hydrogen-bond acceptors (Lipinski definition) is 6. The first-order valence-electron chi connectivity index (χ1n) is 7.59. The van der Waals surface area contributed by atoms with Crippen molar-refractivity contribution in [2.24, 2.45) is 0 Å². The summed E-state index contributed by atoms with van der Waals surface area (Å²) in [6.07, 6.45) is 5.45. The number of aromatic nitrogens is 3. The summed E-state index contributed by atoms with van der Waals surface area (Å²) in [5, 5.41) is 3.54. The summed E-state index contributed by atoms with van der Waals surface area (Å²) in [6, 6.07) is 5.33. The van der Waals surface area contributed by atoms with Crippen molar-refractivity contribution in [3.05, 3.63) is 41.0 Å².